The van der Waals surface area contributed by atoms with Gasteiger partial charge in [-0.3, -0.25) is 9.59 Å². The molecule has 1 fully saturated rings. The molecular formula is C19H21BrN2O5. The summed E-state index contributed by atoms with van der Waals surface area (Å²) in [4.78, 5) is 26.7. The molecule has 0 radical (unpaired) electrons. The molecule has 1 saturated heterocycles. The molecule has 0 saturated carbocycles. The molecule has 0 bridgehead atoms. The van der Waals surface area contributed by atoms with Crippen LogP contribution < -0.4 is 14.8 Å². The molecule has 1 N–H and O–H groups in total. The van der Waals surface area contributed by atoms with Gasteiger partial charge < -0.3 is 24.1 Å². The van der Waals surface area contributed by atoms with Gasteiger partial charge in [-0.05, 0) is 59.1 Å². The summed E-state index contributed by atoms with van der Waals surface area (Å²) in [5.41, 5.74) is 0.551. The Morgan fingerprint density at radius 1 is 1.11 bits per heavy atom. The summed E-state index contributed by atoms with van der Waals surface area (Å²) >= 11 is 3.18. The molecule has 2 heterocycles. The van der Waals surface area contributed by atoms with Crippen LogP contribution in [0.4, 0.5) is 0 Å². The van der Waals surface area contributed by atoms with Gasteiger partial charge in [0.15, 0.2) is 21.9 Å². The molecule has 1 aliphatic rings. The molecule has 0 spiro atoms. The van der Waals surface area contributed by atoms with Gasteiger partial charge in [0.1, 0.15) is 0 Å². The van der Waals surface area contributed by atoms with Crippen molar-refractivity contribution in [1.82, 2.24) is 10.2 Å². The quantitative estimate of drug-likeness (QED) is 0.778. The summed E-state index contributed by atoms with van der Waals surface area (Å²) in [5.74, 6) is 1.07. The van der Waals surface area contributed by atoms with Crippen LogP contribution in [0.2, 0.25) is 0 Å². The fraction of sp³-hybridized carbons (Fsp3) is 0.368. The number of amides is 2. The van der Waals surface area contributed by atoms with E-state index in [1.807, 2.05) is 0 Å². The van der Waals surface area contributed by atoms with E-state index in [0.717, 1.165) is 0 Å². The maximum atomic E-state index is 12.7. The van der Waals surface area contributed by atoms with Gasteiger partial charge in [-0.1, -0.05) is 0 Å². The lowest BCUT2D eigenvalue weighted by atomic mass is 10.0. The second kappa shape index (κ2) is 8.47. The van der Waals surface area contributed by atoms with Crippen LogP contribution in [-0.4, -0.2) is 50.1 Å². The summed E-state index contributed by atoms with van der Waals surface area (Å²) in [7, 11) is 3.09. The van der Waals surface area contributed by atoms with E-state index >= 15 is 0 Å². The second-order valence-corrected chi connectivity index (χ2v) is 7.00. The largest absolute Gasteiger partial charge is 0.493 e. The van der Waals surface area contributed by atoms with Gasteiger partial charge in [0, 0.05) is 24.7 Å². The summed E-state index contributed by atoms with van der Waals surface area (Å²) in [6.45, 7) is 1.14. The van der Waals surface area contributed by atoms with E-state index in [2.05, 4.69) is 21.2 Å². The number of benzene rings is 1. The van der Waals surface area contributed by atoms with Crippen molar-refractivity contribution < 1.29 is 23.5 Å². The second-order valence-electron chi connectivity index (χ2n) is 6.21. The minimum Gasteiger partial charge on any atom is -0.493 e. The Morgan fingerprint density at radius 3 is 2.41 bits per heavy atom. The summed E-state index contributed by atoms with van der Waals surface area (Å²) in [6.07, 6.45) is 1.37. The molecule has 0 atom stereocenters. The van der Waals surface area contributed by atoms with Gasteiger partial charge in [0.2, 0.25) is 0 Å². The number of hydrogen-bond acceptors (Lipinski definition) is 5. The van der Waals surface area contributed by atoms with Crippen LogP contribution >= 0.6 is 15.9 Å². The molecule has 7 nitrogen and oxygen atoms in total. The molecule has 3 rings (SSSR count). The first-order valence-corrected chi connectivity index (χ1v) is 9.38. The van der Waals surface area contributed by atoms with Gasteiger partial charge in [0.25, 0.3) is 11.8 Å². The minimum atomic E-state index is -0.245. The Labute approximate surface area is 165 Å². The SMILES string of the molecule is COc1ccc(C(=O)N2CCC(NC(=O)c3ccc(Br)o3)CC2)cc1OC. The maximum Gasteiger partial charge on any atom is 0.287 e. The third kappa shape index (κ3) is 4.44. The molecule has 0 unspecified atom stereocenters. The molecule has 2 amide bonds. The van der Waals surface area contributed by atoms with Crippen molar-refractivity contribution in [2.75, 3.05) is 27.3 Å². The lowest BCUT2D eigenvalue weighted by Crippen LogP contribution is -2.46. The molecule has 27 heavy (non-hydrogen) atoms. The van der Waals surface area contributed by atoms with Crippen LogP contribution in [0.1, 0.15) is 33.8 Å². The number of piperidine rings is 1. The van der Waals surface area contributed by atoms with Crippen molar-refractivity contribution in [3.05, 3.63) is 46.3 Å². The smallest absolute Gasteiger partial charge is 0.287 e. The van der Waals surface area contributed by atoms with E-state index in [9.17, 15) is 9.59 Å². The van der Waals surface area contributed by atoms with Crippen LogP contribution in [0.5, 0.6) is 11.5 Å². The fourth-order valence-corrected chi connectivity index (χ4v) is 3.38. The van der Waals surface area contributed by atoms with Crippen molar-refractivity contribution in [2.24, 2.45) is 0 Å². The number of methoxy groups -OCH3 is 2. The van der Waals surface area contributed by atoms with E-state index in [4.69, 9.17) is 13.9 Å². The predicted molar refractivity (Wildman–Crippen MR) is 102 cm³/mol. The summed E-state index contributed by atoms with van der Waals surface area (Å²) < 4.78 is 16.2. The number of carbonyl (C=O) groups excluding carboxylic acids is 2. The first-order chi connectivity index (χ1) is 13.0. The van der Waals surface area contributed by atoms with Gasteiger partial charge in [-0.15, -0.1) is 0 Å². The lowest BCUT2D eigenvalue weighted by molar-refractivity contribution is 0.0695. The molecule has 1 aliphatic heterocycles. The number of nitrogens with zero attached hydrogens (tertiary/aromatic N) is 1. The Bertz CT molecular complexity index is 827. The number of rotatable bonds is 5. The van der Waals surface area contributed by atoms with E-state index in [0.29, 0.717) is 47.7 Å². The average Bonchev–Trinajstić information content (AvgIpc) is 3.14. The third-order valence-corrected chi connectivity index (χ3v) is 4.97. The highest BCUT2D eigenvalue weighted by molar-refractivity contribution is 9.10. The lowest BCUT2D eigenvalue weighted by Gasteiger charge is -2.32. The van der Waals surface area contributed by atoms with Gasteiger partial charge in [-0.25, -0.2) is 0 Å². The number of nitrogens with one attached hydrogen (secondary N) is 1. The van der Waals surface area contributed by atoms with E-state index in [1.54, 1.807) is 42.3 Å². The fourth-order valence-electron chi connectivity index (χ4n) is 3.07. The topological polar surface area (TPSA) is 81.0 Å². The number of furan rings is 1. The van der Waals surface area contributed by atoms with Gasteiger partial charge >= 0.3 is 0 Å². The number of ether oxygens (including phenoxy) is 2. The predicted octanol–water partition coefficient (Wildman–Crippen LogP) is 3.09. The highest BCUT2D eigenvalue weighted by atomic mass is 79.9. The first-order valence-electron chi connectivity index (χ1n) is 8.59. The number of halogens is 1. The normalized spacial score (nSPS) is 14.7. The molecule has 1 aromatic heterocycles. The van der Waals surface area contributed by atoms with Crippen molar-refractivity contribution in [3.8, 4) is 11.5 Å². The Hall–Kier alpha value is -2.48. The van der Waals surface area contributed by atoms with E-state index in [1.165, 1.54) is 7.11 Å². The monoisotopic (exact) mass is 436 g/mol. The number of likely N-dealkylation sites (tertiary alicyclic amines) is 1. The molecular weight excluding hydrogens is 416 g/mol. The highest BCUT2D eigenvalue weighted by Gasteiger charge is 2.26. The Morgan fingerprint density at radius 2 is 1.81 bits per heavy atom. The van der Waals surface area contributed by atoms with Gasteiger partial charge in [0.05, 0.1) is 14.2 Å². The zero-order valence-electron chi connectivity index (χ0n) is 15.2. The Balaban J connectivity index is 1.57. The first kappa shape index (κ1) is 19.3. The van der Waals surface area contributed by atoms with Crippen molar-refractivity contribution in [3.63, 3.8) is 0 Å². The molecule has 1 aromatic carbocycles. The average molecular weight is 437 g/mol. The van der Waals surface area contributed by atoms with E-state index in [-0.39, 0.29) is 23.6 Å². The number of carbonyl (C=O) groups is 2. The zero-order valence-corrected chi connectivity index (χ0v) is 16.7. The molecule has 2 aromatic rings. The Kier molecular flexibility index (Phi) is 6.05. The summed E-state index contributed by atoms with van der Waals surface area (Å²) in [5, 5.41) is 2.95. The standard InChI is InChI=1S/C19H21BrN2O5/c1-25-14-4-3-12(11-16(14)26-2)19(24)22-9-7-13(8-10-22)21-18(23)15-5-6-17(20)27-15/h3-6,11,13H,7-10H2,1-2H3,(H,21,23). The molecule has 144 valence electrons. The van der Waals surface area contributed by atoms with Crippen LogP contribution in [0.25, 0.3) is 0 Å². The van der Waals surface area contributed by atoms with Crippen LogP contribution in [-0.2, 0) is 0 Å². The zero-order chi connectivity index (χ0) is 19.4. The molecule has 0 aliphatic carbocycles. The van der Waals surface area contributed by atoms with Crippen molar-refractivity contribution in [2.45, 2.75) is 18.9 Å². The third-order valence-electron chi connectivity index (χ3n) is 4.54. The maximum absolute atomic E-state index is 12.7. The van der Waals surface area contributed by atoms with Crippen molar-refractivity contribution >= 4 is 27.7 Å². The van der Waals surface area contributed by atoms with Crippen LogP contribution in [0, 0.1) is 0 Å². The van der Waals surface area contributed by atoms with Crippen molar-refractivity contribution in [1.29, 1.82) is 0 Å². The van der Waals surface area contributed by atoms with Crippen LogP contribution in [0.15, 0.2) is 39.4 Å². The number of hydrogen-bond donors (Lipinski definition) is 1. The van der Waals surface area contributed by atoms with E-state index < -0.39 is 0 Å². The minimum absolute atomic E-state index is 0.0100. The van der Waals surface area contributed by atoms with Crippen LogP contribution in [0.3, 0.4) is 0 Å². The molecule has 8 heteroatoms. The summed E-state index contributed by atoms with van der Waals surface area (Å²) in [6, 6.07) is 8.45. The van der Waals surface area contributed by atoms with Gasteiger partial charge in [-0.2, -0.15) is 0 Å². The highest BCUT2D eigenvalue weighted by Crippen LogP contribution is 2.28.